The Morgan fingerprint density at radius 2 is 1.83 bits per heavy atom. The average Bonchev–Trinajstić information content (AvgIpc) is 3.14. The number of likely N-dealkylation sites (tertiary alicyclic amines) is 1. The molecular weight excluding hydrogens is 444 g/mol. The number of nitrogens with zero attached hydrogens (tertiary/aromatic N) is 2. The van der Waals surface area contributed by atoms with Gasteiger partial charge in [-0.1, -0.05) is 31.0 Å². The number of hydroxylamine groups is 1. The number of carbonyl (C=O) groups is 2. The molecule has 1 aliphatic rings. The van der Waals surface area contributed by atoms with Crippen molar-refractivity contribution in [2.24, 2.45) is 5.73 Å². The number of para-hydroxylation sites is 1. The summed E-state index contributed by atoms with van der Waals surface area (Å²) in [7, 11) is 0. The van der Waals surface area contributed by atoms with Crippen LogP contribution in [0.3, 0.4) is 0 Å². The highest BCUT2D eigenvalue weighted by Crippen LogP contribution is 2.25. The van der Waals surface area contributed by atoms with E-state index in [1.807, 2.05) is 37.3 Å². The van der Waals surface area contributed by atoms with Crippen LogP contribution in [0.5, 0.6) is 5.75 Å². The summed E-state index contributed by atoms with van der Waals surface area (Å²) in [5.74, 6) is -0.490. The molecule has 1 atom stereocenters. The lowest BCUT2D eigenvalue weighted by Crippen LogP contribution is -2.48. The molecule has 184 valence electrons. The molecule has 1 aliphatic heterocycles. The van der Waals surface area contributed by atoms with Crippen LogP contribution in [0.4, 0.5) is 0 Å². The van der Waals surface area contributed by atoms with E-state index < -0.39 is 17.9 Å². The van der Waals surface area contributed by atoms with Crippen LogP contribution in [0, 0.1) is 6.92 Å². The van der Waals surface area contributed by atoms with Crippen LogP contribution >= 0.6 is 0 Å². The molecule has 8 nitrogen and oxygen atoms in total. The molecule has 4 N–H and O–H groups in total. The summed E-state index contributed by atoms with van der Waals surface area (Å²) in [6, 6.07) is 14.4. The number of pyridine rings is 1. The third kappa shape index (κ3) is 5.96. The molecule has 0 aliphatic carbocycles. The molecule has 2 heterocycles. The molecule has 0 spiro atoms. The van der Waals surface area contributed by atoms with E-state index in [2.05, 4.69) is 9.88 Å². The molecule has 2 aromatic carbocycles. The van der Waals surface area contributed by atoms with Crippen molar-refractivity contribution in [1.82, 2.24) is 15.4 Å². The fourth-order valence-electron chi connectivity index (χ4n) is 4.82. The van der Waals surface area contributed by atoms with Crippen LogP contribution in [0.2, 0.25) is 0 Å². The standard InChI is InChI=1S/C27H32N4O4/c1-18-14-20(22-8-4-5-9-24(22)29-18)17-35-21-10-11-23(26(28)32)19(15-21)16-25(27(33)30-34)31-12-6-2-3-7-13-31/h4-5,8-11,14-15,25,34H,2-3,6-7,12-13,16-17H2,1H3,(H2,28,32)(H,30,33)/t25-/m1/s1. The molecule has 4 rings (SSSR count). The largest absolute Gasteiger partial charge is 0.489 e. The molecule has 1 aromatic heterocycles. The van der Waals surface area contributed by atoms with Crippen molar-refractivity contribution in [1.29, 1.82) is 0 Å². The predicted molar refractivity (Wildman–Crippen MR) is 133 cm³/mol. The highest BCUT2D eigenvalue weighted by Gasteiger charge is 2.28. The number of carbonyl (C=O) groups excluding carboxylic acids is 2. The van der Waals surface area contributed by atoms with E-state index in [0.29, 0.717) is 23.5 Å². The quantitative estimate of drug-likeness (QED) is 0.338. The predicted octanol–water partition coefficient (Wildman–Crippen LogP) is 3.51. The Kier molecular flexibility index (Phi) is 7.94. The SMILES string of the molecule is Cc1cc(COc2ccc(C(N)=O)c(C[C@H](C(=O)NO)N3CCCCCC3)c2)c2ccccc2n1. The molecular formula is C27H32N4O4. The van der Waals surface area contributed by atoms with Crippen molar-refractivity contribution in [3.8, 4) is 5.75 Å². The number of hydrogen-bond acceptors (Lipinski definition) is 6. The minimum absolute atomic E-state index is 0.235. The van der Waals surface area contributed by atoms with Crippen LogP contribution in [0.15, 0.2) is 48.5 Å². The van der Waals surface area contributed by atoms with Crippen molar-refractivity contribution in [3.05, 3.63) is 70.9 Å². The Bertz CT molecular complexity index is 1210. The zero-order chi connectivity index (χ0) is 24.8. The first kappa shape index (κ1) is 24.6. The normalized spacial score (nSPS) is 15.4. The van der Waals surface area contributed by atoms with E-state index in [1.165, 1.54) is 0 Å². The maximum atomic E-state index is 12.6. The van der Waals surface area contributed by atoms with E-state index in [0.717, 1.165) is 60.9 Å². The van der Waals surface area contributed by atoms with Gasteiger partial charge in [0, 0.05) is 22.2 Å². The number of aryl methyl sites for hydroxylation is 1. The minimum Gasteiger partial charge on any atom is -0.489 e. The Morgan fingerprint density at radius 1 is 1.09 bits per heavy atom. The molecule has 8 heteroatoms. The summed E-state index contributed by atoms with van der Waals surface area (Å²) < 4.78 is 6.12. The number of nitrogens with two attached hydrogens (primary N) is 1. The molecule has 1 saturated heterocycles. The molecule has 35 heavy (non-hydrogen) atoms. The number of benzene rings is 2. The van der Waals surface area contributed by atoms with Gasteiger partial charge in [-0.15, -0.1) is 0 Å². The van der Waals surface area contributed by atoms with E-state index in [4.69, 9.17) is 10.5 Å². The summed E-state index contributed by atoms with van der Waals surface area (Å²) in [6.45, 7) is 3.79. The highest BCUT2D eigenvalue weighted by atomic mass is 16.5. The van der Waals surface area contributed by atoms with Gasteiger partial charge in [-0.05, 0) is 75.2 Å². The summed E-state index contributed by atoms with van der Waals surface area (Å²) >= 11 is 0. The number of ether oxygens (including phenoxy) is 1. The van der Waals surface area contributed by atoms with E-state index in [1.54, 1.807) is 23.7 Å². The lowest BCUT2D eigenvalue weighted by atomic mass is 9.97. The summed E-state index contributed by atoms with van der Waals surface area (Å²) in [6.07, 6.45) is 4.44. The number of amides is 2. The van der Waals surface area contributed by atoms with Crippen molar-refractivity contribution in [2.45, 2.75) is 51.7 Å². The monoisotopic (exact) mass is 476 g/mol. The maximum absolute atomic E-state index is 12.6. The summed E-state index contributed by atoms with van der Waals surface area (Å²) in [4.78, 5) is 31.4. The lowest BCUT2D eigenvalue weighted by Gasteiger charge is -2.29. The number of hydrogen-bond donors (Lipinski definition) is 3. The third-order valence-corrected chi connectivity index (χ3v) is 6.57. The van der Waals surface area contributed by atoms with Crippen LogP contribution in [-0.2, 0) is 17.8 Å². The molecule has 0 bridgehead atoms. The van der Waals surface area contributed by atoms with Gasteiger partial charge in [0.2, 0.25) is 5.91 Å². The summed E-state index contributed by atoms with van der Waals surface area (Å²) in [5, 5.41) is 10.4. The van der Waals surface area contributed by atoms with Gasteiger partial charge < -0.3 is 10.5 Å². The maximum Gasteiger partial charge on any atom is 0.261 e. The van der Waals surface area contributed by atoms with Gasteiger partial charge in [-0.25, -0.2) is 5.48 Å². The van der Waals surface area contributed by atoms with Crippen molar-refractivity contribution < 1.29 is 19.5 Å². The molecule has 2 amide bonds. The lowest BCUT2D eigenvalue weighted by molar-refractivity contribution is -0.134. The molecule has 3 aromatic rings. The van der Waals surface area contributed by atoms with Crippen molar-refractivity contribution >= 4 is 22.7 Å². The topological polar surface area (TPSA) is 118 Å². The smallest absolute Gasteiger partial charge is 0.261 e. The fourth-order valence-corrected chi connectivity index (χ4v) is 4.82. The molecule has 1 fully saturated rings. The second kappa shape index (κ2) is 11.3. The fraction of sp³-hybridized carbons (Fsp3) is 0.370. The highest BCUT2D eigenvalue weighted by molar-refractivity contribution is 5.95. The second-order valence-corrected chi connectivity index (χ2v) is 9.06. The zero-order valence-electron chi connectivity index (χ0n) is 20.0. The van der Waals surface area contributed by atoms with Gasteiger partial charge in [0.15, 0.2) is 0 Å². The van der Waals surface area contributed by atoms with Crippen molar-refractivity contribution in [3.63, 3.8) is 0 Å². The van der Waals surface area contributed by atoms with Gasteiger partial charge in [-0.2, -0.15) is 0 Å². The van der Waals surface area contributed by atoms with Gasteiger partial charge in [0.05, 0.1) is 11.6 Å². The number of nitrogens with one attached hydrogen (secondary N) is 1. The number of rotatable bonds is 8. The molecule has 0 radical (unpaired) electrons. The zero-order valence-corrected chi connectivity index (χ0v) is 20.0. The van der Waals surface area contributed by atoms with Crippen LogP contribution in [0.1, 0.15) is 52.9 Å². The van der Waals surface area contributed by atoms with Crippen LogP contribution < -0.4 is 16.0 Å². The average molecular weight is 477 g/mol. The van der Waals surface area contributed by atoms with Crippen LogP contribution in [0.25, 0.3) is 10.9 Å². The Morgan fingerprint density at radius 3 is 2.54 bits per heavy atom. The van der Waals surface area contributed by atoms with E-state index in [9.17, 15) is 14.8 Å². The number of fused-ring (bicyclic) bond motifs is 1. The Balaban J connectivity index is 1.60. The molecule has 0 saturated carbocycles. The Hall–Kier alpha value is -3.49. The summed E-state index contributed by atoms with van der Waals surface area (Å²) in [5.41, 5.74) is 11.2. The second-order valence-electron chi connectivity index (χ2n) is 9.06. The first-order valence-corrected chi connectivity index (χ1v) is 12.0. The van der Waals surface area contributed by atoms with Gasteiger partial charge in [-0.3, -0.25) is 24.7 Å². The molecule has 0 unspecified atom stereocenters. The minimum atomic E-state index is -0.613. The number of aromatic nitrogens is 1. The van der Waals surface area contributed by atoms with Gasteiger partial charge in [0.1, 0.15) is 12.4 Å². The van der Waals surface area contributed by atoms with E-state index >= 15 is 0 Å². The Labute approximate surface area is 205 Å². The van der Waals surface area contributed by atoms with Gasteiger partial charge in [0.25, 0.3) is 5.91 Å². The third-order valence-electron chi connectivity index (χ3n) is 6.57. The first-order valence-electron chi connectivity index (χ1n) is 12.0. The van der Waals surface area contributed by atoms with E-state index in [-0.39, 0.29) is 6.42 Å². The van der Waals surface area contributed by atoms with Gasteiger partial charge >= 0.3 is 0 Å². The number of primary amides is 1. The van der Waals surface area contributed by atoms with Crippen LogP contribution in [-0.4, -0.2) is 46.0 Å². The first-order chi connectivity index (χ1) is 17.0. The van der Waals surface area contributed by atoms with Crippen molar-refractivity contribution in [2.75, 3.05) is 13.1 Å².